The van der Waals surface area contributed by atoms with Gasteiger partial charge in [0, 0.05) is 30.1 Å². The molecule has 1 saturated carbocycles. The number of Topliss-reactive ketones (excluding diaryl/α,β-unsaturated/α-hetero) is 1. The topological polar surface area (TPSA) is 157 Å². The van der Waals surface area contributed by atoms with Gasteiger partial charge in [-0.05, 0) is 38.0 Å². The number of anilines is 1. The summed E-state index contributed by atoms with van der Waals surface area (Å²) in [6.07, 6.45) is 5.11. The summed E-state index contributed by atoms with van der Waals surface area (Å²) in [4.78, 5) is 37.9. The normalized spacial score (nSPS) is 18.6. The van der Waals surface area contributed by atoms with Crippen LogP contribution in [-0.2, 0) is 11.8 Å². The Hall–Kier alpha value is -3.82. The Labute approximate surface area is 190 Å². The van der Waals surface area contributed by atoms with Gasteiger partial charge in [0.1, 0.15) is 11.5 Å². The summed E-state index contributed by atoms with van der Waals surface area (Å²) >= 11 is 0. The van der Waals surface area contributed by atoms with Crippen molar-refractivity contribution in [2.75, 3.05) is 5.32 Å². The first-order valence-electron chi connectivity index (χ1n) is 10.6. The number of allylic oxidation sites excluding steroid dienone is 2. The number of hydrogen-bond acceptors (Lipinski definition) is 6. The molecule has 0 bridgehead atoms. The van der Waals surface area contributed by atoms with Crippen molar-refractivity contribution in [2.24, 2.45) is 30.4 Å². The molecule has 1 aromatic carbocycles. The number of carbonyl (C=O) groups is 3. The third kappa shape index (κ3) is 5.16. The van der Waals surface area contributed by atoms with Crippen LogP contribution in [0.2, 0.25) is 0 Å². The molecule has 2 amide bonds. The zero-order valence-electron chi connectivity index (χ0n) is 18.5. The minimum atomic E-state index is -0.752. The van der Waals surface area contributed by atoms with E-state index in [2.05, 4.69) is 10.4 Å². The number of aromatic nitrogens is 2. The fourth-order valence-corrected chi connectivity index (χ4v) is 4.20. The number of amides is 2. The van der Waals surface area contributed by atoms with Gasteiger partial charge in [0.05, 0.1) is 23.2 Å². The second-order valence-corrected chi connectivity index (χ2v) is 8.24. The number of hydrogen-bond donors (Lipinski definition) is 4. The fourth-order valence-electron chi connectivity index (χ4n) is 4.20. The first-order valence-corrected chi connectivity index (χ1v) is 10.6. The molecule has 174 valence electrons. The number of nitrogens with two attached hydrogens (primary N) is 2. The van der Waals surface area contributed by atoms with Crippen LogP contribution >= 0.6 is 0 Å². The molecule has 0 spiro atoms. The van der Waals surface area contributed by atoms with Gasteiger partial charge < -0.3 is 22.2 Å². The van der Waals surface area contributed by atoms with E-state index in [1.54, 1.807) is 6.92 Å². The second-order valence-electron chi connectivity index (χ2n) is 8.24. The van der Waals surface area contributed by atoms with Crippen molar-refractivity contribution in [2.45, 2.75) is 32.6 Å². The van der Waals surface area contributed by atoms with Crippen molar-refractivity contribution in [1.29, 1.82) is 5.41 Å². The molecule has 2 aromatic rings. The molecular weight excluding hydrogens is 427 g/mol. The largest absolute Gasteiger partial charge is 0.402 e. The number of nitrogens with zero attached hydrogens (tertiary/aromatic N) is 2. The van der Waals surface area contributed by atoms with Gasteiger partial charge in [0.15, 0.2) is 5.78 Å². The van der Waals surface area contributed by atoms with Crippen molar-refractivity contribution in [1.82, 2.24) is 9.78 Å². The Balaban J connectivity index is 1.83. The smallest absolute Gasteiger partial charge is 0.269 e. The first-order chi connectivity index (χ1) is 15.6. The van der Waals surface area contributed by atoms with Crippen LogP contribution in [-0.4, -0.2) is 33.1 Å². The second kappa shape index (κ2) is 9.76. The third-order valence-corrected chi connectivity index (χ3v) is 5.79. The molecule has 0 saturated heterocycles. The summed E-state index contributed by atoms with van der Waals surface area (Å²) in [5.41, 5.74) is 11.8. The molecule has 1 aliphatic carbocycles. The highest BCUT2D eigenvalue weighted by molar-refractivity contribution is 6.08. The molecule has 6 N–H and O–H groups in total. The van der Waals surface area contributed by atoms with Crippen LogP contribution in [0.5, 0.6) is 0 Å². The van der Waals surface area contributed by atoms with Gasteiger partial charge in [-0.3, -0.25) is 19.1 Å². The molecular formula is C23H27FN6O3. The van der Waals surface area contributed by atoms with Crippen LogP contribution < -0.4 is 16.8 Å². The highest BCUT2D eigenvalue weighted by Crippen LogP contribution is 2.34. The Morgan fingerprint density at radius 3 is 2.48 bits per heavy atom. The van der Waals surface area contributed by atoms with E-state index in [-0.39, 0.29) is 22.7 Å². The van der Waals surface area contributed by atoms with Gasteiger partial charge in [-0.25, -0.2) is 4.39 Å². The van der Waals surface area contributed by atoms with Gasteiger partial charge >= 0.3 is 0 Å². The zero-order chi connectivity index (χ0) is 24.3. The lowest BCUT2D eigenvalue weighted by molar-refractivity contribution is -0.122. The summed E-state index contributed by atoms with van der Waals surface area (Å²) in [5.74, 6) is -3.79. The number of carbonyl (C=O) groups excluding carboxylic acids is 3. The number of aryl methyl sites for hydroxylation is 1. The summed E-state index contributed by atoms with van der Waals surface area (Å²) < 4.78 is 16.1. The van der Waals surface area contributed by atoms with Gasteiger partial charge in [0.25, 0.3) is 5.91 Å². The fraction of sp³-hybridized carbons (Fsp3) is 0.348. The molecule has 3 rings (SSSR count). The lowest BCUT2D eigenvalue weighted by Gasteiger charge is -2.29. The highest BCUT2D eigenvalue weighted by Gasteiger charge is 2.37. The molecule has 2 unspecified atom stereocenters. The molecule has 1 fully saturated rings. The van der Waals surface area contributed by atoms with Crippen LogP contribution in [0.4, 0.5) is 10.1 Å². The zero-order valence-corrected chi connectivity index (χ0v) is 18.5. The molecule has 10 heteroatoms. The minimum absolute atomic E-state index is 0.0320. The monoisotopic (exact) mass is 454 g/mol. The van der Waals surface area contributed by atoms with Crippen molar-refractivity contribution < 1.29 is 18.8 Å². The standard InChI is InChI=1S/C23H27FN6O3/c1-12(25)9-18(26)13-7-8-16(17(24)10-13)21(31)14-5-3-4-6-15(14)23(33)29-19-11-28-30(2)20(19)22(27)32/h7-11,14-15,26H,3-6,25H2,1-2H3,(H2,27,32)(H,29,33). The maximum atomic E-state index is 14.8. The quantitative estimate of drug-likeness (QED) is 0.373. The SMILES string of the molecule is CC(N)=CC(=N)c1ccc(C(=O)C2CCCCC2C(=O)Nc2cnn(C)c2C(N)=O)c(F)c1. The number of benzene rings is 1. The number of rotatable bonds is 7. The van der Waals surface area contributed by atoms with Crippen LogP contribution in [0.3, 0.4) is 0 Å². The summed E-state index contributed by atoms with van der Waals surface area (Å²) in [6, 6.07) is 3.96. The molecule has 1 aromatic heterocycles. The Morgan fingerprint density at radius 2 is 1.88 bits per heavy atom. The van der Waals surface area contributed by atoms with E-state index in [9.17, 15) is 18.8 Å². The van der Waals surface area contributed by atoms with E-state index in [0.717, 1.165) is 18.9 Å². The molecule has 0 aliphatic heterocycles. The summed E-state index contributed by atoms with van der Waals surface area (Å²) in [5, 5.41) is 14.6. The number of ketones is 1. The number of halogens is 1. The Morgan fingerprint density at radius 1 is 1.21 bits per heavy atom. The number of nitrogens with one attached hydrogen (secondary N) is 2. The van der Waals surface area contributed by atoms with Crippen LogP contribution in [0, 0.1) is 23.1 Å². The molecule has 1 aliphatic rings. The maximum Gasteiger partial charge on any atom is 0.269 e. The van der Waals surface area contributed by atoms with Crippen molar-refractivity contribution in [3.63, 3.8) is 0 Å². The maximum absolute atomic E-state index is 14.8. The average molecular weight is 455 g/mol. The summed E-state index contributed by atoms with van der Waals surface area (Å²) in [6.45, 7) is 1.62. The van der Waals surface area contributed by atoms with E-state index in [1.165, 1.54) is 36.1 Å². The van der Waals surface area contributed by atoms with Crippen LogP contribution in [0.1, 0.15) is 59.0 Å². The average Bonchev–Trinajstić information content (AvgIpc) is 3.12. The van der Waals surface area contributed by atoms with Crippen molar-refractivity contribution >= 4 is 29.0 Å². The van der Waals surface area contributed by atoms with Gasteiger partial charge in [-0.1, -0.05) is 18.9 Å². The van der Waals surface area contributed by atoms with Gasteiger partial charge in [0.2, 0.25) is 5.91 Å². The van der Waals surface area contributed by atoms with Gasteiger partial charge in [-0.15, -0.1) is 0 Å². The lowest BCUT2D eigenvalue weighted by atomic mass is 9.74. The lowest BCUT2D eigenvalue weighted by Crippen LogP contribution is -2.36. The predicted octanol–water partition coefficient (Wildman–Crippen LogP) is 2.52. The van der Waals surface area contributed by atoms with E-state index in [0.29, 0.717) is 24.1 Å². The summed E-state index contributed by atoms with van der Waals surface area (Å²) in [7, 11) is 1.53. The minimum Gasteiger partial charge on any atom is -0.402 e. The predicted molar refractivity (Wildman–Crippen MR) is 121 cm³/mol. The Kier molecular flexibility index (Phi) is 7.05. The first kappa shape index (κ1) is 23.8. The van der Waals surface area contributed by atoms with Crippen LogP contribution in [0.15, 0.2) is 36.2 Å². The van der Waals surface area contributed by atoms with E-state index in [1.807, 2.05) is 0 Å². The highest BCUT2D eigenvalue weighted by atomic mass is 19.1. The number of primary amides is 1. The van der Waals surface area contributed by atoms with E-state index in [4.69, 9.17) is 16.9 Å². The van der Waals surface area contributed by atoms with E-state index < -0.39 is 35.3 Å². The van der Waals surface area contributed by atoms with E-state index >= 15 is 0 Å². The van der Waals surface area contributed by atoms with Crippen molar-refractivity contribution in [3.05, 3.63) is 58.8 Å². The molecule has 33 heavy (non-hydrogen) atoms. The third-order valence-electron chi connectivity index (χ3n) is 5.79. The molecule has 2 atom stereocenters. The van der Waals surface area contributed by atoms with Crippen molar-refractivity contribution in [3.8, 4) is 0 Å². The molecule has 0 radical (unpaired) electrons. The molecule has 1 heterocycles. The Bertz CT molecular complexity index is 1150. The van der Waals surface area contributed by atoms with Gasteiger partial charge in [-0.2, -0.15) is 5.10 Å². The molecule has 9 nitrogen and oxygen atoms in total. The van der Waals surface area contributed by atoms with Crippen LogP contribution in [0.25, 0.3) is 0 Å².